The summed E-state index contributed by atoms with van der Waals surface area (Å²) in [6.45, 7) is 3.33. The highest BCUT2D eigenvalue weighted by Crippen LogP contribution is 2.31. The van der Waals surface area contributed by atoms with E-state index in [0.29, 0.717) is 5.92 Å². The molecule has 3 nitrogen and oxygen atoms in total. The van der Waals surface area contributed by atoms with Gasteiger partial charge in [0.2, 0.25) is 0 Å². The van der Waals surface area contributed by atoms with Crippen LogP contribution in [0.15, 0.2) is 18.2 Å². The molecular formula is C12H15N3. The monoisotopic (exact) mass is 201 g/mol. The number of fused-ring (bicyclic) bond motifs is 3. The third kappa shape index (κ3) is 1.16. The van der Waals surface area contributed by atoms with Crippen molar-refractivity contribution in [3.8, 4) is 0 Å². The molecule has 0 spiro atoms. The second-order valence-corrected chi connectivity index (χ2v) is 4.38. The first kappa shape index (κ1) is 8.77. The molecule has 0 aliphatic carbocycles. The second kappa shape index (κ2) is 2.99. The summed E-state index contributed by atoms with van der Waals surface area (Å²) in [5.74, 6) is 1.76. The van der Waals surface area contributed by atoms with Gasteiger partial charge in [-0.3, -0.25) is 0 Å². The fraction of sp³-hybridized carbons (Fsp3) is 0.417. The summed E-state index contributed by atoms with van der Waals surface area (Å²) in [7, 11) is 0. The molecule has 2 heterocycles. The Morgan fingerprint density at radius 1 is 1.47 bits per heavy atom. The van der Waals surface area contributed by atoms with Gasteiger partial charge in [0.05, 0.1) is 11.2 Å². The summed E-state index contributed by atoms with van der Waals surface area (Å²) in [5, 5.41) is 0. The van der Waals surface area contributed by atoms with E-state index in [1.165, 1.54) is 24.2 Å². The lowest BCUT2D eigenvalue weighted by Gasteiger charge is -2.20. The zero-order valence-electron chi connectivity index (χ0n) is 8.90. The van der Waals surface area contributed by atoms with Gasteiger partial charge >= 0.3 is 0 Å². The van der Waals surface area contributed by atoms with E-state index in [9.17, 15) is 0 Å². The maximum absolute atomic E-state index is 5.94. The van der Waals surface area contributed by atoms with Crippen molar-refractivity contribution in [2.24, 2.45) is 0 Å². The smallest absolute Gasteiger partial charge is 0.112 e. The van der Waals surface area contributed by atoms with Gasteiger partial charge in [-0.2, -0.15) is 0 Å². The third-order valence-corrected chi connectivity index (χ3v) is 3.30. The summed E-state index contributed by atoms with van der Waals surface area (Å²) >= 11 is 0. The predicted molar refractivity (Wildman–Crippen MR) is 61.8 cm³/mol. The van der Waals surface area contributed by atoms with Crippen LogP contribution in [0.4, 0.5) is 5.69 Å². The van der Waals surface area contributed by atoms with Gasteiger partial charge in [-0.1, -0.05) is 13.0 Å². The van der Waals surface area contributed by atoms with Crippen LogP contribution in [0.2, 0.25) is 0 Å². The molecule has 78 valence electrons. The number of aryl methyl sites for hydroxylation is 1. The highest BCUT2D eigenvalue weighted by molar-refractivity contribution is 5.87. The lowest BCUT2D eigenvalue weighted by atomic mass is 10.0. The van der Waals surface area contributed by atoms with Crippen molar-refractivity contribution in [3.63, 3.8) is 0 Å². The standard InChI is InChI=1S/C12H15N3/c1-8-4-3-7-15-10-6-2-5-9(13)11(10)14-12(8)15/h2,5-6,8H,3-4,7,13H2,1H3. The number of imidazole rings is 1. The van der Waals surface area contributed by atoms with Crippen LogP contribution in [-0.4, -0.2) is 9.55 Å². The Kier molecular flexibility index (Phi) is 1.75. The highest BCUT2D eigenvalue weighted by atomic mass is 15.1. The molecule has 0 saturated carbocycles. The van der Waals surface area contributed by atoms with Crippen LogP contribution in [0.3, 0.4) is 0 Å². The maximum Gasteiger partial charge on any atom is 0.112 e. The summed E-state index contributed by atoms with van der Waals surface area (Å²) in [4.78, 5) is 4.67. The topological polar surface area (TPSA) is 43.8 Å². The molecule has 1 aromatic carbocycles. The van der Waals surface area contributed by atoms with Gasteiger partial charge in [-0.05, 0) is 25.0 Å². The number of aromatic nitrogens is 2. The molecule has 1 atom stereocenters. The van der Waals surface area contributed by atoms with E-state index < -0.39 is 0 Å². The van der Waals surface area contributed by atoms with Crippen LogP contribution in [0.1, 0.15) is 31.5 Å². The lowest BCUT2D eigenvalue weighted by molar-refractivity contribution is 0.471. The van der Waals surface area contributed by atoms with Crippen LogP contribution < -0.4 is 5.73 Å². The first-order valence-electron chi connectivity index (χ1n) is 5.52. The number of nitrogens with zero attached hydrogens (tertiary/aromatic N) is 2. The van der Waals surface area contributed by atoms with E-state index in [1.807, 2.05) is 12.1 Å². The van der Waals surface area contributed by atoms with E-state index in [4.69, 9.17) is 5.73 Å². The summed E-state index contributed by atoms with van der Waals surface area (Å²) in [5.41, 5.74) is 8.90. The van der Waals surface area contributed by atoms with E-state index in [2.05, 4.69) is 22.5 Å². The molecule has 0 saturated heterocycles. The SMILES string of the molecule is CC1CCCn2c1nc1c(N)cccc12. The normalized spacial score (nSPS) is 20.5. The Hall–Kier alpha value is -1.51. The van der Waals surface area contributed by atoms with Gasteiger partial charge in [-0.15, -0.1) is 0 Å². The molecule has 1 unspecified atom stereocenters. The minimum atomic E-state index is 0.561. The fourth-order valence-corrected chi connectivity index (χ4v) is 2.48. The number of benzene rings is 1. The molecule has 1 aliphatic heterocycles. The molecule has 1 aliphatic rings. The van der Waals surface area contributed by atoms with Gasteiger partial charge in [0.25, 0.3) is 0 Å². The Bertz CT molecular complexity index is 513. The third-order valence-electron chi connectivity index (χ3n) is 3.30. The van der Waals surface area contributed by atoms with Gasteiger partial charge < -0.3 is 10.3 Å². The van der Waals surface area contributed by atoms with Gasteiger partial charge in [0.15, 0.2) is 0 Å². The van der Waals surface area contributed by atoms with E-state index >= 15 is 0 Å². The summed E-state index contributed by atoms with van der Waals surface area (Å²) < 4.78 is 2.32. The molecule has 0 fully saturated rings. The lowest BCUT2D eigenvalue weighted by Crippen LogP contribution is -2.13. The molecule has 3 heteroatoms. The number of nitrogen functional groups attached to an aromatic ring is 1. The molecule has 0 radical (unpaired) electrons. The van der Waals surface area contributed by atoms with Gasteiger partial charge in [0.1, 0.15) is 11.3 Å². The van der Waals surface area contributed by atoms with E-state index in [1.54, 1.807) is 0 Å². The number of hydrogen-bond donors (Lipinski definition) is 1. The largest absolute Gasteiger partial charge is 0.397 e. The van der Waals surface area contributed by atoms with Crippen LogP contribution in [0.5, 0.6) is 0 Å². The Morgan fingerprint density at radius 3 is 3.20 bits per heavy atom. The second-order valence-electron chi connectivity index (χ2n) is 4.38. The Balaban J connectivity index is 2.35. The van der Waals surface area contributed by atoms with Crippen LogP contribution >= 0.6 is 0 Å². The van der Waals surface area contributed by atoms with Crippen LogP contribution in [0, 0.1) is 0 Å². The molecule has 3 rings (SSSR count). The number of para-hydroxylation sites is 1. The summed E-state index contributed by atoms with van der Waals surface area (Å²) in [6, 6.07) is 6.04. The number of rotatable bonds is 0. The molecule has 0 bridgehead atoms. The van der Waals surface area contributed by atoms with Crippen molar-refractivity contribution in [3.05, 3.63) is 24.0 Å². The van der Waals surface area contributed by atoms with Crippen molar-refractivity contribution in [1.82, 2.24) is 9.55 Å². The zero-order chi connectivity index (χ0) is 10.4. The predicted octanol–water partition coefficient (Wildman–Crippen LogP) is 2.52. The Labute approximate surface area is 88.9 Å². The van der Waals surface area contributed by atoms with Crippen molar-refractivity contribution in [2.75, 3.05) is 5.73 Å². The van der Waals surface area contributed by atoms with Crippen molar-refractivity contribution in [1.29, 1.82) is 0 Å². The van der Waals surface area contributed by atoms with E-state index in [0.717, 1.165) is 17.7 Å². The van der Waals surface area contributed by atoms with Crippen molar-refractivity contribution >= 4 is 16.7 Å². The number of anilines is 1. The van der Waals surface area contributed by atoms with E-state index in [-0.39, 0.29) is 0 Å². The summed E-state index contributed by atoms with van der Waals surface area (Å²) in [6.07, 6.45) is 2.48. The molecular weight excluding hydrogens is 186 g/mol. The minimum absolute atomic E-state index is 0.561. The first-order chi connectivity index (χ1) is 7.27. The molecule has 2 aromatic rings. The van der Waals surface area contributed by atoms with Crippen molar-refractivity contribution in [2.45, 2.75) is 32.2 Å². The average Bonchev–Trinajstić information content (AvgIpc) is 2.60. The highest BCUT2D eigenvalue weighted by Gasteiger charge is 2.21. The molecule has 15 heavy (non-hydrogen) atoms. The molecule has 1 aromatic heterocycles. The fourth-order valence-electron chi connectivity index (χ4n) is 2.48. The molecule has 2 N–H and O–H groups in total. The first-order valence-corrected chi connectivity index (χ1v) is 5.52. The van der Waals surface area contributed by atoms with Gasteiger partial charge in [0, 0.05) is 12.5 Å². The maximum atomic E-state index is 5.94. The average molecular weight is 201 g/mol. The minimum Gasteiger partial charge on any atom is -0.397 e. The van der Waals surface area contributed by atoms with Crippen LogP contribution in [-0.2, 0) is 6.54 Å². The Morgan fingerprint density at radius 2 is 2.33 bits per heavy atom. The van der Waals surface area contributed by atoms with Crippen LogP contribution in [0.25, 0.3) is 11.0 Å². The van der Waals surface area contributed by atoms with Crippen molar-refractivity contribution < 1.29 is 0 Å². The molecule has 0 amide bonds. The zero-order valence-corrected chi connectivity index (χ0v) is 8.90. The number of hydrogen-bond acceptors (Lipinski definition) is 2. The van der Waals surface area contributed by atoms with Gasteiger partial charge in [-0.25, -0.2) is 4.98 Å². The number of nitrogens with two attached hydrogens (primary N) is 1. The quantitative estimate of drug-likeness (QED) is 0.665.